The van der Waals surface area contributed by atoms with Gasteiger partial charge in [0.2, 0.25) is 0 Å². The normalized spacial score (nSPS) is 11.1. The molecule has 0 saturated carbocycles. The molecule has 0 aliphatic heterocycles. The smallest absolute Gasteiger partial charge is 0.181 e. The summed E-state index contributed by atoms with van der Waals surface area (Å²) in [6.07, 6.45) is 9.89. The Morgan fingerprint density at radius 1 is 0.619 bits per heavy atom. The second kappa shape index (κ2) is 13.9. The Kier molecular flexibility index (Phi) is 9.55. The first-order chi connectivity index (χ1) is 20.6. The average Bonchev–Trinajstić information content (AvgIpc) is 3.63. The van der Waals surface area contributed by atoms with E-state index in [2.05, 4.69) is 93.7 Å². The van der Waals surface area contributed by atoms with Crippen molar-refractivity contribution in [3.8, 4) is 22.8 Å². The van der Waals surface area contributed by atoms with E-state index in [-0.39, 0.29) is 0 Å². The summed E-state index contributed by atoms with van der Waals surface area (Å²) in [5.41, 5.74) is 6.55. The zero-order valence-corrected chi connectivity index (χ0v) is 24.8. The molecule has 0 aliphatic carbocycles. The van der Waals surface area contributed by atoms with Crippen LogP contribution in [0.5, 0.6) is 0 Å². The Hall–Kier alpha value is -4.58. The number of hydrogen-bond donors (Lipinski definition) is 0. The highest BCUT2D eigenvalue weighted by molar-refractivity contribution is 5.66. The first-order valence-corrected chi connectivity index (χ1v) is 15.0. The molecule has 5 rings (SSSR count). The molecular weight excluding hydrogens is 516 g/mol. The lowest BCUT2D eigenvalue weighted by Crippen LogP contribution is -2.07. The van der Waals surface area contributed by atoms with Gasteiger partial charge in [-0.15, -0.1) is 0 Å². The molecule has 6 heteroatoms. The fourth-order valence-corrected chi connectivity index (χ4v) is 4.95. The zero-order valence-electron chi connectivity index (χ0n) is 24.8. The SMILES string of the molecule is C=Cc1ccc(Cn2nc(-c3cccc(-c4nc(CCCC)n(Cc5ccc(C=C)cc5)n4)c3)nc2CCCC)cc1. The van der Waals surface area contributed by atoms with Gasteiger partial charge in [0.05, 0.1) is 13.1 Å². The van der Waals surface area contributed by atoms with Gasteiger partial charge < -0.3 is 0 Å². The molecule has 6 nitrogen and oxygen atoms in total. The van der Waals surface area contributed by atoms with E-state index in [1.165, 1.54) is 11.1 Å². The zero-order chi connectivity index (χ0) is 29.3. The van der Waals surface area contributed by atoms with Crippen LogP contribution < -0.4 is 0 Å². The predicted octanol–water partition coefficient (Wildman–Crippen LogP) is 8.27. The molecule has 0 bridgehead atoms. The topological polar surface area (TPSA) is 61.4 Å². The van der Waals surface area contributed by atoms with Crippen LogP contribution in [0.2, 0.25) is 0 Å². The number of hydrogen-bond acceptors (Lipinski definition) is 4. The molecule has 0 saturated heterocycles. The number of benzene rings is 3. The van der Waals surface area contributed by atoms with Gasteiger partial charge in [0.25, 0.3) is 0 Å². The van der Waals surface area contributed by atoms with Crippen LogP contribution in [0, 0.1) is 0 Å². The van der Waals surface area contributed by atoms with E-state index in [0.29, 0.717) is 13.1 Å². The standard InChI is InChI=1S/C36H40N6/c1-5-9-14-33-37-35(39-41(33)25-29-20-16-27(7-3)17-21-29)31-12-11-13-32(24-31)36-38-34(15-10-6-2)42(40-36)26-30-22-18-28(8-4)19-23-30/h7-8,11-13,16-24H,3-6,9-10,14-15,25-26H2,1-2H3. The molecule has 0 fully saturated rings. The van der Waals surface area contributed by atoms with Gasteiger partial charge in [-0.2, -0.15) is 10.2 Å². The van der Waals surface area contributed by atoms with Crippen molar-refractivity contribution in [1.82, 2.24) is 29.5 Å². The van der Waals surface area contributed by atoms with Crippen LogP contribution >= 0.6 is 0 Å². The molecule has 214 valence electrons. The van der Waals surface area contributed by atoms with Gasteiger partial charge in [0.15, 0.2) is 11.6 Å². The third-order valence-electron chi connectivity index (χ3n) is 7.48. The van der Waals surface area contributed by atoms with Crippen molar-refractivity contribution >= 4 is 12.2 Å². The minimum atomic E-state index is 0.684. The highest BCUT2D eigenvalue weighted by Gasteiger charge is 2.16. The summed E-state index contributed by atoms with van der Waals surface area (Å²) in [6.45, 7) is 13.5. The molecule has 0 aliphatic rings. The van der Waals surface area contributed by atoms with Gasteiger partial charge in [-0.25, -0.2) is 19.3 Å². The second-order valence-electron chi connectivity index (χ2n) is 10.7. The van der Waals surface area contributed by atoms with Crippen molar-refractivity contribution in [1.29, 1.82) is 0 Å². The summed E-state index contributed by atoms with van der Waals surface area (Å²) in [4.78, 5) is 10.00. The Bertz CT molecular complexity index is 1500. The number of unbranched alkanes of at least 4 members (excludes halogenated alkanes) is 2. The third kappa shape index (κ3) is 7.00. The van der Waals surface area contributed by atoms with E-state index < -0.39 is 0 Å². The van der Waals surface area contributed by atoms with E-state index in [0.717, 1.165) is 84.1 Å². The lowest BCUT2D eigenvalue weighted by Gasteiger charge is -2.06. The number of aromatic nitrogens is 6. The molecule has 0 N–H and O–H groups in total. The van der Waals surface area contributed by atoms with Gasteiger partial charge in [-0.1, -0.05) is 119 Å². The molecule has 0 radical (unpaired) electrons. The molecule has 0 spiro atoms. The molecule has 3 aromatic carbocycles. The van der Waals surface area contributed by atoms with Crippen LogP contribution in [0.1, 0.15) is 73.4 Å². The van der Waals surface area contributed by atoms with E-state index in [1.54, 1.807) is 0 Å². The Morgan fingerprint density at radius 2 is 1.05 bits per heavy atom. The lowest BCUT2D eigenvalue weighted by molar-refractivity contribution is 0.618. The van der Waals surface area contributed by atoms with Crippen molar-refractivity contribution in [3.05, 3.63) is 120 Å². The maximum absolute atomic E-state index is 5.00. The first-order valence-electron chi connectivity index (χ1n) is 15.0. The average molecular weight is 557 g/mol. The summed E-state index contributed by atoms with van der Waals surface area (Å²) in [6, 6.07) is 25.2. The summed E-state index contributed by atoms with van der Waals surface area (Å²) < 4.78 is 4.10. The monoisotopic (exact) mass is 556 g/mol. The molecule has 0 unspecified atom stereocenters. The maximum Gasteiger partial charge on any atom is 0.181 e. The largest absolute Gasteiger partial charge is 0.245 e. The number of rotatable bonds is 14. The minimum absolute atomic E-state index is 0.684. The second-order valence-corrected chi connectivity index (χ2v) is 10.7. The highest BCUT2D eigenvalue weighted by atomic mass is 15.4. The number of nitrogens with zero attached hydrogens (tertiary/aromatic N) is 6. The highest BCUT2D eigenvalue weighted by Crippen LogP contribution is 2.25. The van der Waals surface area contributed by atoms with Crippen LogP contribution in [0.25, 0.3) is 34.9 Å². The molecule has 5 aromatic rings. The van der Waals surface area contributed by atoms with Crippen molar-refractivity contribution in [2.45, 2.75) is 65.5 Å². The molecular formula is C36H40N6. The van der Waals surface area contributed by atoms with E-state index >= 15 is 0 Å². The Balaban J connectivity index is 1.44. The lowest BCUT2D eigenvalue weighted by atomic mass is 10.1. The van der Waals surface area contributed by atoms with Crippen LogP contribution in [-0.2, 0) is 25.9 Å². The van der Waals surface area contributed by atoms with Crippen LogP contribution in [0.15, 0.2) is 86.0 Å². The summed E-state index contributed by atoms with van der Waals surface area (Å²) in [5, 5.41) is 9.94. The van der Waals surface area contributed by atoms with Crippen molar-refractivity contribution in [3.63, 3.8) is 0 Å². The fourth-order valence-electron chi connectivity index (χ4n) is 4.95. The molecule has 2 aromatic heterocycles. The molecule has 2 heterocycles. The van der Waals surface area contributed by atoms with Gasteiger partial charge >= 0.3 is 0 Å². The van der Waals surface area contributed by atoms with Crippen molar-refractivity contribution < 1.29 is 0 Å². The van der Waals surface area contributed by atoms with Crippen LogP contribution in [-0.4, -0.2) is 29.5 Å². The van der Waals surface area contributed by atoms with Crippen LogP contribution in [0.4, 0.5) is 0 Å². The van der Waals surface area contributed by atoms with E-state index in [9.17, 15) is 0 Å². The van der Waals surface area contributed by atoms with Gasteiger partial charge in [0.1, 0.15) is 11.6 Å². The summed E-state index contributed by atoms with van der Waals surface area (Å²) >= 11 is 0. The fraction of sp³-hybridized carbons (Fsp3) is 0.278. The van der Waals surface area contributed by atoms with Gasteiger partial charge in [-0.05, 0) is 41.2 Å². The van der Waals surface area contributed by atoms with E-state index in [1.807, 2.05) is 27.6 Å². The predicted molar refractivity (Wildman–Crippen MR) is 173 cm³/mol. The number of aryl methyl sites for hydroxylation is 2. The Morgan fingerprint density at radius 3 is 1.43 bits per heavy atom. The quantitative estimate of drug-likeness (QED) is 0.138. The van der Waals surface area contributed by atoms with Crippen molar-refractivity contribution in [2.75, 3.05) is 0 Å². The minimum Gasteiger partial charge on any atom is -0.245 e. The van der Waals surface area contributed by atoms with Crippen molar-refractivity contribution in [2.24, 2.45) is 0 Å². The Labute approximate surface area is 249 Å². The summed E-state index contributed by atoms with van der Waals surface area (Å²) in [5.74, 6) is 3.49. The third-order valence-corrected chi connectivity index (χ3v) is 7.48. The van der Waals surface area contributed by atoms with Crippen LogP contribution in [0.3, 0.4) is 0 Å². The summed E-state index contributed by atoms with van der Waals surface area (Å²) in [7, 11) is 0. The molecule has 0 atom stereocenters. The molecule has 42 heavy (non-hydrogen) atoms. The van der Waals surface area contributed by atoms with E-state index in [4.69, 9.17) is 20.2 Å². The molecule has 0 amide bonds. The van der Waals surface area contributed by atoms with Gasteiger partial charge in [0, 0.05) is 24.0 Å². The maximum atomic E-state index is 5.00. The first kappa shape index (κ1) is 28.9. The van der Waals surface area contributed by atoms with Gasteiger partial charge in [-0.3, -0.25) is 0 Å².